The van der Waals surface area contributed by atoms with Crippen LogP contribution in [0.2, 0.25) is 0 Å². The van der Waals surface area contributed by atoms with Crippen LogP contribution in [0.15, 0.2) is 28.9 Å². The number of amides is 1. The number of anilines is 1. The lowest BCUT2D eigenvalue weighted by Crippen LogP contribution is -2.23. The van der Waals surface area contributed by atoms with E-state index in [4.69, 9.17) is 4.52 Å². The number of rotatable bonds is 6. The van der Waals surface area contributed by atoms with Crippen molar-refractivity contribution >= 4 is 11.7 Å². The van der Waals surface area contributed by atoms with Crippen molar-refractivity contribution in [1.82, 2.24) is 15.5 Å². The Morgan fingerprint density at radius 3 is 2.95 bits per heavy atom. The Morgan fingerprint density at radius 2 is 2.25 bits per heavy atom. The van der Waals surface area contributed by atoms with Gasteiger partial charge in [-0.2, -0.15) is 0 Å². The number of nitrogens with one attached hydrogen (secondary N) is 2. The summed E-state index contributed by atoms with van der Waals surface area (Å²) in [6.07, 6.45) is 2.55. The van der Waals surface area contributed by atoms with Gasteiger partial charge < -0.3 is 15.2 Å². The average molecular weight is 274 g/mol. The maximum atomic E-state index is 12.1. The number of carbonyl (C=O) groups is 1. The maximum absolute atomic E-state index is 12.1. The molecule has 6 nitrogen and oxygen atoms in total. The lowest BCUT2D eigenvalue weighted by Gasteiger charge is -2.08. The molecule has 0 spiro atoms. The topological polar surface area (TPSA) is 80.0 Å². The zero-order valence-corrected chi connectivity index (χ0v) is 11.6. The Hall–Kier alpha value is -2.37. The van der Waals surface area contributed by atoms with E-state index >= 15 is 0 Å². The van der Waals surface area contributed by atoms with E-state index in [1.165, 1.54) is 0 Å². The van der Waals surface area contributed by atoms with Gasteiger partial charge in [-0.3, -0.25) is 4.79 Å². The summed E-state index contributed by atoms with van der Waals surface area (Å²) in [5.41, 5.74) is 1.38. The van der Waals surface area contributed by atoms with Gasteiger partial charge in [0.25, 0.3) is 5.91 Å². The van der Waals surface area contributed by atoms with Crippen LogP contribution in [-0.4, -0.2) is 22.6 Å². The maximum Gasteiger partial charge on any atom is 0.251 e. The van der Waals surface area contributed by atoms with E-state index < -0.39 is 0 Å². The SMILES string of the molecule is CCCNc1cc(C(=O)NCc2ccno2)cc(C)n1. The molecule has 1 amide bonds. The molecule has 0 aromatic carbocycles. The third-order valence-electron chi connectivity index (χ3n) is 2.69. The lowest BCUT2D eigenvalue weighted by molar-refractivity contribution is 0.0947. The predicted molar refractivity (Wildman–Crippen MR) is 75.4 cm³/mol. The Morgan fingerprint density at radius 1 is 1.40 bits per heavy atom. The molecule has 0 aliphatic rings. The largest absolute Gasteiger partial charge is 0.370 e. The van der Waals surface area contributed by atoms with Crippen LogP contribution < -0.4 is 10.6 Å². The summed E-state index contributed by atoms with van der Waals surface area (Å²) >= 11 is 0. The molecule has 0 saturated carbocycles. The average Bonchev–Trinajstić information content (AvgIpc) is 2.95. The summed E-state index contributed by atoms with van der Waals surface area (Å²) < 4.78 is 4.93. The van der Waals surface area contributed by atoms with Gasteiger partial charge in [0.2, 0.25) is 0 Å². The van der Waals surface area contributed by atoms with Crippen LogP contribution >= 0.6 is 0 Å². The van der Waals surface area contributed by atoms with Crippen LogP contribution in [-0.2, 0) is 6.54 Å². The van der Waals surface area contributed by atoms with E-state index in [0.717, 1.165) is 24.5 Å². The number of aryl methyl sites for hydroxylation is 1. The molecular weight excluding hydrogens is 256 g/mol. The Kier molecular flexibility index (Phi) is 4.70. The third kappa shape index (κ3) is 3.81. The first-order valence-electron chi connectivity index (χ1n) is 6.59. The molecule has 20 heavy (non-hydrogen) atoms. The van der Waals surface area contributed by atoms with Gasteiger partial charge in [0, 0.05) is 23.9 Å². The van der Waals surface area contributed by atoms with Crippen molar-refractivity contribution in [3.8, 4) is 0 Å². The molecule has 0 bridgehead atoms. The standard InChI is InChI=1S/C14H18N4O2/c1-3-5-15-13-8-11(7-10(2)18-13)14(19)16-9-12-4-6-17-20-12/h4,6-8H,3,5,9H2,1-2H3,(H,15,18)(H,16,19). The van der Waals surface area contributed by atoms with Gasteiger partial charge in [0.05, 0.1) is 12.7 Å². The molecule has 6 heteroatoms. The molecule has 2 rings (SSSR count). The number of nitrogens with zero attached hydrogens (tertiary/aromatic N) is 2. The van der Waals surface area contributed by atoms with Crippen molar-refractivity contribution in [3.05, 3.63) is 41.4 Å². The highest BCUT2D eigenvalue weighted by molar-refractivity contribution is 5.94. The van der Waals surface area contributed by atoms with E-state index in [1.54, 1.807) is 24.4 Å². The van der Waals surface area contributed by atoms with E-state index in [2.05, 4.69) is 27.7 Å². The number of hydrogen-bond donors (Lipinski definition) is 2. The summed E-state index contributed by atoms with van der Waals surface area (Å²) in [5, 5.41) is 9.55. The highest BCUT2D eigenvalue weighted by atomic mass is 16.5. The summed E-state index contributed by atoms with van der Waals surface area (Å²) in [5.74, 6) is 1.18. The zero-order valence-electron chi connectivity index (χ0n) is 11.6. The fraction of sp³-hybridized carbons (Fsp3) is 0.357. The second kappa shape index (κ2) is 6.70. The van der Waals surface area contributed by atoms with Gasteiger partial charge in [0.1, 0.15) is 5.82 Å². The predicted octanol–water partition coefficient (Wildman–Crippen LogP) is 2.13. The van der Waals surface area contributed by atoms with E-state index in [9.17, 15) is 4.79 Å². The van der Waals surface area contributed by atoms with Crippen LogP contribution in [0.25, 0.3) is 0 Å². The van der Waals surface area contributed by atoms with Crippen LogP contribution in [0, 0.1) is 6.92 Å². The van der Waals surface area contributed by atoms with Crippen molar-refractivity contribution in [3.63, 3.8) is 0 Å². The quantitative estimate of drug-likeness (QED) is 0.843. The zero-order chi connectivity index (χ0) is 14.4. The minimum absolute atomic E-state index is 0.161. The number of pyridine rings is 1. The molecule has 0 fully saturated rings. The monoisotopic (exact) mass is 274 g/mol. The molecule has 0 aliphatic carbocycles. The molecule has 2 aromatic heterocycles. The van der Waals surface area contributed by atoms with Crippen LogP contribution in [0.3, 0.4) is 0 Å². The molecule has 2 N–H and O–H groups in total. The highest BCUT2D eigenvalue weighted by Crippen LogP contribution is 2.10. The van der Waals surface area contributed by atoms with Gasteiger partial charge in [-0.1, -0.05) is 12.1 Å². The number of aromatic nitrogens is 2. The minimum atomic E-state index is -0.161. The summed E-state index contributed by atoms with van der Waals surface area (Å²) in [6, 6.07) is 5.22. The fourth-order valence-electron chi connectivity index (χ4n) is 1.75. The molecule has 0 atom stereocenters. The van der Waals surface area contributed by atoms with Gasteiger partial charge >= 0.3 is 0 Å². The smallest absolute Gasteiger partial charge is 0.251 e. The molecule has 0 unspecified atom stereocenters. The Bertz CT molecular complexity index is 567. The fourth-order valence-corrected chi connectivity index (χ4v) is 1.75. The van der Waals surface area contributed by atoms with Gasteiger partial charge in [-0.15, -0.1) is 0 Å². The van der Waals surface area contributed by atoms with Crippen LogP contribution in [0.4, 0.5) is 5.82 Å². The molecule has 106 valence electrons. The van der Waals surface area contributed by atoms with Gasteiger partial charge in [0.15, 0.2) is 5.76 Å². The lowest BCUT2D eigenvalue weighted by atomic mass is 10.2. The molecular formula is C14H18N4O2. The second-order valence-corrected chi connectivity index (χ2v) is 4.47. The van der Waals surface area contributed by atoms with Gasteiger partial charge in [-0.25, -0.2) is 4.98 Å². The van der Waals surface area contributed by atoms with Crippen LogP contribution in [0.1, 0.15) is 35.2 Å². The first-order chi connectivity index (χ1) is 9.69. The first-order valence-corrected chi connectivity index (χ1v) is 6.59. The third-order valence-corrected chi connectivity index (χ3v) is 2.69. The van der Waals surface area contributed by atoms with Crippen molar-refractivity contribution in [1.29, 1.82) is 0 Å². The number of carbonyl (C=O) groups excluding carboxylic acids is 1. The number of hydrogen-bond acceptors (Lipinski definition) is 5. The Labute approximate surface area is 117 Å². The van der Waals surface area contributed by atoms with Crippen molar-refractivity contribution < 1.29 is 9.32 Å². The van der Waals surface area contributed by atoms with Crippen molar-refractivity contribution in [2.24, 2.45) is 0 Å². The molecule has 0 aliphatic heterocycles. The molecule has 0 saturated heterocycles. The van der Waals surface area contributed by atoms with Crippen molar-refractivity contribution in [2.75, 3.05) is 11.9 Å². The summed E-state index contributed by atoms with van der Waals surface area (Å²) in [7, 11) is 0. The molecule has 2 aromatic rings. The van der Waals surface area contributed by atoms with Crippen molar-refractivity contribution in [2.45, 2.75) is 26.8 Å². The molecule has 2 heterocycles. The van der Waals surface area contributed by atoms with Crippen LogP contribution in [0.5, 0.6) is 0 Å². The summed E-state index contributed by atoms with van der Waals surface area (Å²) in [4.78, 5) is 16.4. The van der Waals surface area contributed by atoms with Gasteiger partial charge in [-0.05, 0) is 25.5 Å². The summed E-state index contributed by atoms with van der Waals surface area (Å²) in [6.45, 7) is 5.09. The Balaban J connectivity index is 2.02. The second-order valence-electron chi connectivity index (χ2n) is 4.47. The van der Waals surface area contributed by atoms with E-state index in [-0.39, 0.29) is 5.91 Å². The normalized spacial score (nSPS) is 10.3. The highest BCUT2D eigenvalue weighted by Gasteiger charge is 2.09. The molecule has 0 radical (unpaired) electrons. The minimum Gasteiger partial charge on any atom is -0.370 e. The van der Waals surface area contributed by atoms with E-state index in [0.29, 0.717) is 17.9 Å². The first kappa shape index (κ1) is 14.0. The van der Waals surface area contributed by atoms with E-state index in [1.807, 2.05) is 6.92 Å².